The summed E-state index contributed by atoms with van der Waals surface area (Å²) in [4.78, 5) is 12.2. The van der Waals surface area contributed by atoms with E-state index in [1.54, 1.807) is 0 Å². The van der Waals surface area contributed by atoms with Gasteiger partial charge < -0.3 is 5.32 Å². The van der Waals surface area contributed by atoms with Gasteiger partial charge in [-0.2, -0.15) is 0 Å². The van der Waals surface area contributed by atoms with Gasteiger partial charge in [-0.15, -0.1) is 10.2 Å². The van der Waals surface area contributed by atoms with E-state index in [1.807, 2.05) is 40.8 Å². The predicted octanol–water partition coefficient (Wildman–Crippen LogP) is 4.03. The second kappa shape index (κ2) is 8.44. The molecule has 6 heteroatoms. The second-order valence-electron chi connectivity index (χ2n) is 6.75. The molecule has 0 saturated heterocycles. The van der Waals surface area contributed by atoms with Gasteiger partial charge in [0.15, 0.2) is 10.8 Å². The molecule has 0 aliphatic carbocycles. The van der Waals surface area contributed by atoms with Crippen molar-refractivity contribution < 1.29 is 4.79 Å². The van der Waals surface area contributed by atoms with E-state index in [0.717, 1.165) is 29.2 Å². The molecule has 0 bridgehead atoms. The number of aromatic nitrogens is 3. The number of carbonyl (C=O) groups is 1. The SMILES string of the molecule is Cc1cc2nnc(SCC(=O)NCCCc3ccccc3)n2c2ccccc12. The molecule has 2 aromatic heterocycles. The Bertz CT molecular complexity index is 1110. The molecule has 0 radical (unpaired) electrons. The molecule has 0 fully saturated rings. The molecule has 0 atom stereocenters. The van der Waals surface area contributed by atoms with Gasteiger partial charge in [0.05, 0.1) is 11.3 Å². The highest BCUT2D eigenvalue weighted by Crippen LogP contribution is 2.25. The lowest BCUT2D eigenvalue weighted by molar-refractivity contribution is -0.118. The smallest absolute Gasteiger partial charge is 0.230 e. The number of nitrogens with one attached hydrogen (secondary N) is 1. The maximum Gasteiger partial charge on any atom is 0.230 e. The summed E-state index contributed by atoms with van der Waals surface area (Å²) >= 11 is 1.42. The lowest BCUT2D eigenvalue weighted by atomic mass is 10.1. The van der Waals surface area contributed by atoms with E-state index in [9.17, 15) is 4.79 Å². The Kier molecular flexibility index (Phi) is 5.58. The molecule has 0 saturated carbocycles. The number of para-hydroxylation sites is 1. The van der Waals surface area contributed by atoms with Crippen molar-refractivity contribution in [3.8, 4) is 0 Å². The third-order valence-corrected chi connectivity index (χ3v) is 5.64. The third kappa shape index (κ3) is 4.02. The zero-order valence-corrected chi connectivity index (χ0v) is 16.6. The van der Waals surface area contributed by atoms with Crippen molar-refractivity contribution >= 4 is 34.2 Å². The standard InChI is InChI=1S/C22H22N4OS/c1-16-14-20-24-25-22(26(20)19-12-6-5-11-18(16)19)28-15-21(27)23-13-7-10-17-8-3-2-4-9-17/h2-6,8-9,11-12,14H,7,10,13,15H2,1H3,(H,23,27). The Balaban J connectivity index is 1.36. The average Bonchev–Trinajstić information content (AvgIpc) is 3.13. The zero-order chi connectivity index (χ0) is 19.3. The van der Waals surface area contributed by atoms with Gasteiger partial charge in [-0.3, -0.25) is 9.20 Å². The molecule has 142 valence electrons. The van der Waals surface area contributed by atoms with Gasteiger partial charge in [0.2, 0.25) is 5.91 Å². The summed E-state index contributed by atoms with van der Waals surface area (Å²) in [5.41, 5.74) is 4.33. The molecule has 28 heavy (non-hydrogen) atoms. The second-order valence-corrected chi connectivity index (χ2v) is 7.69. The monoisotopic (exact) mass is 390 g/mol. The van der Waals surface area contributed by atoms with Crippen molar-refractivity contribution in [1.82, 2.24) is 19.9 Å². The van der Waals surface area contributed by atoms with E-state index in [2.05, 4.69) is 46.7 Å². The van der Waals surface area contributed by atoms with Gasteiger partial charge in [0.1, 0.15) is 0 Å². The normalized spacial score (nSPS) is 11.2. The van der Waals surface area contributed by atoms with Crippen LogP contribution in [0.5, 0.6) is 0 Å². The summed E-state index contributed by atoms with van der Waals surface area (Å²) in [7, 11) is 0. The summed E-state index contributed by atoms with van der Waals surface area (Å²) in [5, 5.41) is 13.5. The van der Waals surface area contributed by atoms with E-state index in [1.165, 1.54) is 28.3 Å². The minimum atomic E-state index is 0.0197. The zero-order valence-electron chi connectivity index (χ0n) is 15.8. The number of nitrogens with zero attached hydrogens (tertiary/aromatic N) is 3. The summed E-state index contributed by atoms with van der Waals surface area (Å²) in [6.07, 6.45) is 1.90. The van der Waals surface area contributed by atoms with E-state index < -0.39 is 0 Å². The molecular weight excluding hydrogens is 368 g/mol. The molecule has 5 nitrogen and oxygen atoms in total. The Morgan fingerprint density at radius 1 is 1.07 bits per heavy atom. The highest BCUT2D eigenvalue weighted by molar-refractivity contribution is 7.99. The van der Waals surface area contributed by atoms with Gasteiger partial charge in [-0.1, -0.05) is 60.3 Å². The van der Waals surface area contributed by atoms with Crippen molar-refractivity contribution in [2.45, 2.75) is 24.9 Å². The molecule has 0 unspecified atom stereocenters. The van der Waals surface area contributed by atoms with Gasteiger partial charge in [0, 0.05) is 11.9 Å². The molecule has 1 N–H and O–H groups in total. The van der Waals surface area contributed by atoms with Crippen LogP contribution in [0.4, 0.5) is 0 Å². The van der Waals surface area contributed by atoms with Crippen molar-refractivity contribution in [3.63, 3.8) is 0 Å². The molecule has 0 aliphatic rings. The van der Waals surface area contributed by atoms with Crippen LogP contribution in [0.3, 0.4) is 0 Å². The summed E-state index contributed by atoms with van der Waals surface area (Å²) < 4.78 is 2.02. The number of fused-ring (bicyclic) bond motifs is 3. The molecule has 2 aromatic carbocycles. The molecule has 1 amide bonds. The number of hydrogen-bond donors (Lipinski definition) is 1. The summed E-state index contributed by atoms with van der Waals surface area (Å²) in [5.74, 6) is 0.347. The Morgan fingerprint density at radius 2 is 1.86 bits per heavy atom. The van der Waals surface area contributed by atoms with Crippen molar-refractivity contribution in [2.24, 2.45) is 0 Å². The molecule has 4 aromatic rings. The number of hydrogen-bond acceptors (Lipinski definition) is 4. The molecule has 2 heterocycles. The number of thioether (sulfide) groups is 1. The highest BCUT2D eigenvalue weighted by atomic mass is 32.2. The highest BCUT2D eigenvalue weighted by Gasteiger charge is 2.12. The first-order chi connectivity index (χ1) is 13.7. The fourth-order valence-corrected chi connectivity index (χ4v) is 4.10. The molecule has 0 spiro atoms. The van der Waals surface area contributed by atoms with Crippen LogP contribution >= 0.6 is 11.8 Å². The average molecular weight is 391 g/mol. The van der Waals surface area contributed by atoms with E-state index in [-0.39, 0.29) is 5.91 Å². The topological polar surface area (TPSA) is 59.3 Å². The van der Waals surface area contributed by atoms with Gasteiger partial charge >= 0.3 is 0 Å². The minimum absolute atomic E-state index is 0.0197. The van der Waals surface area contributed by atoms with Crippen molar-refractivity contribution in [1.29, 1.82) is 0 Å². The van der Waals surface area contributed by atoms with E-state index in [4.69, 9.17) is 0 Å². The van der Waals surface area contributed by atoms with Crippen LogP contribution < -0.4 is 5.32 Å². The van der Waals surface area contributed by atoms with E-state index in [0.29, 0.717) is 12.3 Å². The Labute approximate surface area is 168 Å². The Morgan fingerprint density at radius 3 is 2.71 bits per heavy atom. The maximum atomic E-state index is 12.2. The quantitative estimate of drug-likeness (QED) is 0.382. The first-order valence-electron chi connectivity index (χ1n) is 9.39. The van der Waals surface area contributed by atoms with Crippen LogP contribution in [-0.2, 0) is 11.2 Å². The van der Waals surface area contributed by atoms with Crippen LogP contribution in [0.1, 0.15) is 17.5 Å². The number of rotatable bonds is 7. The predicted molar refractivity (Wildman–Crippen MR) is 114 cm³/mol. The fraction of sp³-hybridized carbons (Fsp3) is 0.227. The molecular formula is C22H22N4OS. The molecule has 0 aliphatic heterocycles. The van der Waals surface area contributed by atoms with Crippen LogP contribution in [0, 0.1) is 6.92 Å². The van der Waals surface area contributed by atoms with E-state index >= 15 is 0 Å². The Hall–Kier alpha value is -2.86. The van der Waals surface area contributed by atoms with Crippen molar-refractivity contribution in [3.05, 3.63) is 71.8 Å². The number of pyridine rings is 1. The van der Waals surface area contributed by atoms with Gasteiger partial charge in [-0.05, 0) is 43.0 Å². The number of amides is 1. The number of aryl methyl sites for hydroxylation is 2. The number of carbonyl (C=O) groups excluding carboxylic acids is 1. The number of benzene rings is 2. The van der Waals surface area contributed by atoms with Crippen LogP contribution in [0.25, 0.3) is 16.6 Å². The molecule has 4 rings (SSSR count). The maximum absolute atomic E-state index is 12.2. The first-order valence-corrected chi connectivity index (χ1v) is 10.4. The first kappa shape index (κ1) is 18.5. The summed E-state index contributed by atoms with van der Waals surface area (Å²) in [6, 6.07) is 20.5. The lowest BCUT2D eigenvalue weighted by Gasteiger charge is -2.07. The van der Waals surface area contributed by atoms with Crippen LogP contribution in [-0.4, -0.2) is 32.8 Å². The lowest BCUT2D eigenvalue weighted by Crippen LogP contribution is -2.26. The van der Waals surface area contributed by atoms with Gasteiger partial charge in [0.25, 0.3) is 0 Å². The third-order valence-electron chi connectivity index (χ3n) is 4.71. The van der Waals surface area contributed by atoms with Crippen molar-refractivity contribution in [2.75, 3.05) is 12.3 Å². The summed E-state index contributed by atoms with van der Waals surface area (Å²) in [6.45, 7) is 2.75. The van der Waals surface area contributed by atoms with Gasteiger partial charge in [-0.25, -0.2) is 0 Å². The minimum Gasteiger partial charge on any atom is -0.355 e. The largest absolute Gasteiger partial charge is 0.355 e. The fourth-order valence-electron chi connectivity index (χ4n) is 3.31. The van der Waals surface area contributed by atoms with Crippen LogP contribution in [0.2, 0.25) is 0 Å². The van der Waals surface area contributed by atoms with Crippen LogP contribution in [0.15, 0.2) is 65.8 Å².